The summed E-state index contributed by atoms with van der Waals surface area (Å²) >= 11 is 0.989. The van der Waals surface area contributed by atoms with Gasteiger partial charge in [-0.2, -0.15) is 4.31 Å². The summed E-state index contributed by atoms with van der Waals surface area (Å²) in [6, 6.07) is 0. The molecule has 1 saturated heterocycles. The first-order valence-electron chi connectivity index (χ1n) is 21.3. The molecule has 2 aromatic heterocycles. The molecule has 66 heavy (non-hydrogen) atoms. The monoisotopic (exact) mass is 1020 g/mol. The number of amides is 2. The van der Waals surface area contributed by atoms with E-state index >= 15 is 0 Å². The fourth-order valence-electron chi connectivity index (χ4n) is 6.39. The molecule has 0 aromatic carbocycles. The van der Waals surface area contributed by atoms with Gasteiger partial charge in [0.1, 0.15) is 36.3 Å². The van der Waals surface area contributed by atoms with E-state index in [2.05, 4.69) is 53.5 Å². The van der Waals surface area contributed by atoms with Crippen molar-refractivity contribution in [3.8, 4) is 0 Å². The zero-order valence-electron chi connectivity index (χ0n) is 37.0. The second-order valence-corrected chi connectivity index (χ2v) is 21.5. The van der Waals surface area contributed by atoms with E-state index in [0.29, 0.717) is 6.42 Å². The van der Waals surface area contributed by atoms with Crippen molar-refractivity contribution in [1.82, 2.24) is 30.2 Å². The number of nitrogens with zero attached hydrogens (tertiary/aromatic N) is 4. The van der Waals surface area contributed by atoms with Gasteiger partial charge < -0.3 is 56.0 Å². The van der Waals surface area contributed by atoms with Crippen LogP contribution in [0.2, 0.25) is 0 Å². The fourth-order valence-corrected chi connectivity index (χ4v) is 9.96. The summed E-state index contributed by atoms with van der Waals surface area (Å²) in [5.41, 5.74) is 4.25. The third-order valence-corrected chi connectivity index (χ3v) is 14.0. The van der Waals surface area contributed by atoms with Crippen molar-refractivity contribution in [2.24, 2.45) is 5.41 Å². The minimum absolute atomic E-state index is 0.0121. The van der Waals surface area contributed by atoms with Crippen LogP contribution in [0.3, 0.4) is 0 Å². The van der Waals surface area contributed by atoms with Gasteiger partial charge in [0.05, 0.1) is 25.6 Å². The molecule has 8 unspecified atom stereocenters. The van der Waals surface area contributed by atoms with Gasteiger partial charge in [-0.05, 0) is 32.1 Å². The van der Waals surface area contributed by atoms with Gasteiger partial charge >= 0.3 is 23.5 Å². The molecule has 3 rings (SSSR count). The van der Waals surface area contributed by atoms with Crippen LogP contribution in [-0.4, -0.2) is 134 Å². The highest BCUT2D eigenvalue weighted by Gasteiger charge is 2.50. The van der Waals surface area contributed by atoms with Gasteiger partial charge in [-0.3, -0.25) is 32.5 Å². The van der Waals surface area contributed by atoms with Gasteiger partial charge in [0.25, 0.3) is 0 Å². The van der Waals surface area contributed by atoms with Gasteiger partial charge in [0.2, 0.25) is 11.8 Å². The number of unbranched alkanes of at least 4 members (excludes halogenated alkanes) is 7. The average molecular weight is 1020 g/mol. The lowest BCUT2D eigenvalue weighted by molar-refractivity contribution is -0.137. The quantitative estimate of drug-likeness (QED) is 0.0286. The molecule has 0 bridgehead atoms. The number of aromatic nitrogens is 4. The topological polar surface area (TPSA) is 384 Å². The van der Waals surface area contributed by atoms with Gasteiger partial charge in [0.15, 0.2) is 22.8 Å². The molecule has 0 aliphatic carbocycles. The van der Waals surface area contributed by atoms with Crippen LogP contribution in [0.15, 0.2) is 24.8 Å². The van der Waals surface area contributed by atoms with Crippen LogP contribution in [0.5, 0.6) is 0 Å². The number of ether oxygens (including phenoxy) is 1. The number of phosphoric acid groups is 3. The number of nitrogen functional groups attached to an aromatic ring is 1. The summed E-state index contributed by atoms with van der Waals surface area (Å²) in [4.78, 5) is 88.3. The van der Waals surface area contributed by atoms with E-state index in [0.717, 1.165) is 61.1 Å². The first kappa shape index (κ1) is 57.6. The maximum atomic E-state index is 12.7. The number of carbonyl (C=O) groups is 3. The Morgan fingerprint density at radius 1 is 0.955 bits per heavy atom. The molecule has 2 amide bonds. The molecule has 1 aliphatic rings. The Labute approximate surface area is 386 Å². The summed E-state index contributed by atoms with van der Waals surface area (Å²) in [5, 5.41) is 36.5. The van der Waals surface area contributed by atoms with Crippen molar-refractivity contribution in [3.05, 3.63) is 24.8 Å². The third-order valence-electron chi connectivity index (χ3n) is 9.97. The lowest BCUT2D eigenvalue weighted by atomic mass is 9.87. The molecule has 376 valence electrons. The third kappa shape index (κ3) is 20.5. The van der Waals surface area contributed by atoms with Crippen molar-refractivity contribution in [2.75, 3.05) is 37.8 Å². The zero-order chi connectivity index (χ0) is 49.1. The van der Waals surface area contributed by atoms with Crippen molar-refractivity contribution in [1.29, 1.82) is 0 Å². The number of allylic oxidation sites excluding steroid dienone is 2. The molecule has 3 heterocycles. The largest absolute Gasteiger partial charge is 0.481 e. The van der Waals surface area contributed by atoms with Crippen LogP contribution in [-0.2, 0) is 50.7 Å². The van der Waals surface area contributed by atoms with Gasteiger partial charge in [0, 0.05) is 37.1 Å². The number of hydrogen-bond acceptors (Lipinski definition) is 19. The normalized spacial score (nSPS) is 20.8. The second kappa shape index (κ2) is 27.4. The molecule has 0 saturated carbocycles. The van der Waals surface area contributed by atoms with Crippen LogP contribution < -0.4 is 16.4 Å². The van der Waals surface area contributed by atoms with E-state index in [1.807, 2.05) is 0 Å². The molecule has 1 fully saturated rings. The number of hydrogen-bond donors (Lipinski definition) is 10. The van der Waals surface area contributed by atoms with E-state index in [1.165, 1.54) is 39.5 Å². The minimum atomic E-state index is -5.59. The standard InChI is InChI=1S/C37H64N7O18P3S/c1-4-5-6-7-8-9-10-11-12-13-14-15-25(45)20-28(47)66-19-18-39-27(46)16-17-40-35(50)32(49)37(2,3)22-59-65(56,57)62-64(54,55)58-21-26-31(61-63(51,52)53)30(48)36(60-26)44-24-43-29-33(38)41-23-42-34(29)44/h9-10,23-26,30-32,36,45,48-49H,4-8,11-22H2,1-3H3,(H,39,46)(H,40,50)(H,54,55)(H,56,57)(H2,38,41,42)(H2,51,52,53)/b10-9+. The smallest absolute Gasteiger partial charge is 0.393 e. The average Bonchev–Trinajstić information content (AvgIpc) is 3.79. The highest BCUT2D eigenvalue weighted by molar-refractivity contribution is 8.13. The van der Waals surface area contributed by atoms with Crippen LogP contribution in [0.4, 0.5) is 5.82 Å². The number of rotatable bonds is 32. The maximum absolute atomic E-state index is 12.7. The van der Waals surface area contributed by atoms with E-state index in [9.17, 15) is 63.0 Å². The number of carbonyl (C=O) groups excluding carboxylic acids is 3. The maximum Gasteiger partial charge on any atom is 0.481 e. The number of nitrogens with one attached hydrogen (secondary N) is 2. The fraction of sp³-hybridized carbons (Fsp3) is 0.730. The van der Waals surface area contributed by atoms with Crippen LogP contribution in [0.1, 0.15) is 104 Å². The Hall–Kier alpha value is -2.74. The Bertz CT molecular complexity index is 2040. The molecular formula is C37H64N7O18P3S. The number of nitrogens with two attached hydrogens (primary N) is 1. The Morgan fingerprint density at radius 3 is 2.29 bits per heavy atom. The Kier molecular flexibility index (Phi) is 23.9. The second-order valence-electron chi connectivity index (χ2n) is 16.1. The summed E-state index contributed by atoms with van der Waals surface area (Å²) in [7, 11) is -16.4. The van der Waals surface area contributed by atoms with E-state index in [4.69, 9.17) is 19.5 Å². The van der Waals surface area contributed by atoms with E-state index in [-0.39, 0.29) is 53.8 Å². The molecule has 8 atom stereocenters. The highest BCUT2D eigenvalue weighted by Crippen LogP contribution is 2.61. The van der Waals surface area contributed by atoms with Crippen LogP contribution in [0, 0.1) is 5.41 Å². The number of imidazole rings is 1. The predicted octanol–water partition coefficient (Wildman–Crippen LogP) is 2.89. The molecule has 0 spiro atoms. The summed E-state index contributed by atoms with van der Waals surface area (Å²) in [6.07, 6.45) is 7.18. The van der Waals surface area contributed by atoms with Crippen LogP contribution >= 0.6 is 35.2 Å². The van der Waals surface area contributed by atoms with Crippen molar-refractivity contribution in [3.63, 3.8) is 0 Å². The minimum Gasteiger partial charge on any atom is -0.393 e. The number of aliphatic hydroxyl groups excluding tert-OH is 3. The lowest BCUT2D eigenvalue weighted by Gasteiger charge is -2.30. The number of phosphoric ester groups is 3. The Morgan fingerprint density at radius 2 is 1.62 bits per heavy atom. The van der Waals surface area contributed by atoms with Gasteiger partial charge in [-0.1, -0.05) is 76.8 Å². The van der Waals surface area contributed by atoms with E-state index < -0.39 is 90.7 Å². The van der Waals surface area contributed by atoms with Crippen molar-refractivity contribution < 1.29 is 85.6 Å². The van der Waals surface area contributed by atoms with Gasteiger partial charge in [-0.15, -0.1) is 0 Å². The molecule has 29 heteroatoms. The molecule has 2 aromatic rings. The summed E-state index contributed by atoms with van der Waals surface area (Å²) < 4.78 is 62.4. The molecule has 11 N–H and O–H groups in total. The van der Waals surface area contributed by atoms with Crippen LogP contribution in [0.25, 0.3) is 11.2 Å². The number of fused-ring (bicyclic) bond motifs is 1. The predicted molar refractivity (Wildman–Crippen MR) is 239 cm³/mol. The molecule has 25 nitrogen and oxygen atoms in total. The molecule has 1 aliphatic heterocycles. The van der Waals surface area contributed by atoms with Gasteiger partial charge in [-0.25, -0.2) is 28.6 Å². The number of thioether (sulfide) groups is 1. The van der Waals surface area contributed by atoms with Crippen molar-refractivity contribution in [2.45, 2.75) is 135 Å². The number of aliphatic hydroxyl groups is 3. The van der Waals surface area contributed by atoms with E-state index in [1.54, 1.807) is 0 Å². The van der Waals surface area contributed by atoms with Crippen molar-refractivity contribution >= 4 is 69.1 Å². The lowest BCUT2D eigenvalue weighted by Crippen LogP contribution is -2.46. The molecule has 0 radical (unpaired) electrons. The number of anilines is 1. The SMILES string of the molecule is CCCCCC/C=C/CCCCCC(O)CC(=O)SCCNC(=O)CCNC(=O)C(O)C(C)(C)COP(=O)(O)OP(=O)(O)OCC1OC(n2cnc3c(N)ncnc32)C(O)C1OP(=O)(O)O. The molecular weight excluding hydrogens is 955 g/mol. The summed E-state index contributed by atoms with van der Waals surface area (Å²) in [6.45, 7) is 2.58. The highest BCUT2D eigenvalue weighted by atomic mass is 32.2. The first-order valence-corrected chi connectivity index (χ1v) is 26.8. The first-order chi connectivity index (χ1) is 30.9. The zero-order valence-corrected chi connectivity index (χ0v) is 40.5. The Balaban J connectivity index is 1.34. The summed E-state index contributed by atoms with van der Waals surface area (Å²) in [5.74, 6) is -1.23.